The number of pyridine rings is 2. The van der Waals surface area contributed by atoms with Crippen molar-refractivity contribution in [3.8, 4) is 17.0 Å². The molecular weight excluding hydrogens is 506 g/mol. The van der Waals surface area contributed by atoms with Crippen molar-refractivity contribution in [2.45, 2.75) is 105 Å². The number of piperidine rings is 1. The highest BCUT2D eigenvalue weighted by molar-refractivity contribution is 5.86. The minimum atomic E-state index is -0.920. The summed E-state index contributed by atoms with van der Waals surface area (Å²) in [7, 11) is 0. The Balaban J connectivity index is 1.79. The van der Waals surface area contributed by atoms with E-state index in [1.54, 1.807) is 6.20 Å². The van der Waals surface area contributed by atoms with Gasteiger partial charge in [-0.15, -0.1) is 0 Å². The number of hydrogen-bond acceptors (Lipinski definition) is 8. The summed E-state index contributed by atoms with van der Waals surface area (Å²) in [6, 6.07) is 3.95. The van der Waals surface area contributed by atoms with Gasteiger partial charge >= 0.3 is 5.97 Å². The van der Waals surface area contributed by atoms with E-state index in [0.717, 1.165) is 85.9 Å². The van der Waals surface area contributed by atoms with E-state index in [9.17, 15) is 4.79 Å². The third-order valence-electron chi connectivity index (χ3n) is 7.50. The molecule has 40 heavy (non-hydrogen) atoms. The molecule has 1 atom stereocenters. The van der Waals surface area contributed by atoms with E-state index in [4.69, 9.17) is 28.9 Å². The molecule has 0 aliphatic carbocycles. The molecule has 0 bridgehead atoms. The summed E-state index contributed by atoms with van der Waals surface area (Å²) in [6.45, 7) is 19.3. The molecule has 8 heteroatoms. The number of anilines is 1. The zero-order chi connectivity index (χ0) is 29.1. The molecule has 2 aromatic rings. The van der Waals surface area contributed by atoms with Gasteiger partial charge in [-0.2, -0.15) is 0 Å². The lowest BCUT2D eigenvalue weighted by atomic mass is 9.82. The number of nitrogens with zero attached hydrogens (tertiary/aromatic N) is 3. The maximum absolute atomic E-state index is 13.6. The van der Waals surface area contributed by atoms with Crippen LogP contribution in [0.25, 0.3) is 11.3 Å². The number of rotatable bonds is 8. The van der Waals surface area contributed by atoms with E-state index < -0.39 is 17.7 Å². The van der Waals surface area contributed by atoms with Gasteiger partial charge in [0.05, 0.1) is 42.5 Å². The van der Waals surface area contributed by atoms with Gasteiger partial charge in [-0.3, -0.25) is 9.97 Å². The highest BCUT2D eigenvalue weighted by atomic mass is 16.6. The van der Waals surface area contributed by atoms with Gasteiger partial charge in [-0.1, -0.05) is 13.8 Å². The summed E-state index contributed by atoms with van der Waals surface area (Å²) in [4.78, 5) is 25.5. The number of hydrogen-bond donors (Lipinski definition) is 0. The lowest BCUT2D eigenvalue weighted by Gasteiger charge is -2.41. The molecule has 0 spiro atoms. The standard InChI is InChI=1S/C32H47N3O5/c1-21(2)38-30(36)29(40-31(4,5)6)27-22(3)33-20-25(28(27)35-15-13-32(7,8)14-16-35)26-10-9-24(19-34-26)39-23-11-17-37-18-12-23/h9-10,19-21,23,29H,11-18H2,1-8H3/t29-/m0/s1. The molecule has 4 rings (SSSR count). The van der Waals surface area contributed by atoms with Crippen LogP contribution in [0.4, 0.5) is 5.69 Å². The van der Waals surface area contributed by atoms with Crippen LogP contribution in [-0.4, -0.2) is 60.0 Å². The van der Waals surface area contributed by atoms with Gasteiger partial charge in [0.25, 0.3) is 0 Å². The Kier molecular flexibility index (Phi) is 9.40. The van der Waals surface area contributed by atoms with Crippen molar-refractivity contribution in [2.75, 3.05) is 31.2 Å². The first kappa shape index (κ1) is 30.3. The second-order valence-electron chi connectivity index (χ2n) is 13.1. The van der Waals surface area contributed by atoms with Crippen LogP contribution in [-0.2, 0) is 19.0 Å². The molecule has 2 fully saturated rings. The normalized spacial score (nSPS) is 19.0. The Morgan fingerprint density at radius 1 is 1.07 bits per heavy atom. The Bertz CT molecular complexity index is 1140. The molecule has 4 heterocycles. The van der Waals surface area contributed by atoms with Crippen molar-refractivity contribution >= 4 is 11.7 Å². The van der Waals surface area contributed by atoms with Gasteiger partial charge in [-0.05, 0) is 71.9 Å². The topological polar surface area (TPSA) is 83.0 Å². The van der Waals surface area contributed by atoms with E-state index in [1.807, 2.05) is 59.9 Å². The Morgan fingerprint density at radius 2 is 1.75 bits per heavy atom. The first-order chi connectivity index (χ1) is 18.8. The molecule has 0 saturated carbocycles. The number of ether oxygens (including phenoxy) is 4. The van der Waals surface area contributed by atoms with Crippen molar-refractivity contribution in [3.63, 3.8) is 0 Å². The van der Waals surface area contributed by atoms with Crippen molar-refractivity contribution < 1.29 is 23.7 Å². The molecule has 0 amide bonds. The van der Waals surface area contributed by atoms with Gasteiger partial charge in [0.1, 0.15) is 11.9 Å². The maximum Gasteiger partial charge on any atom is 0.340 e. The number of carbonyl (C=O) groups excluding carboxylic acids is 1. The molecular formula is C32H47N3O5. The number of carbonyl (C=O) groups is 1. The lowest BCUT2D eigenvalue weighted by molar-refractivity contribution is -0.171. The lowest BCUT2D eigenvalue weighted by Crippen LogP contribution is -2.39. The Hall–Kier alpha value is -2.71. The number of esters is 1. The van der Waals surface area contributed by atoms with Gasteiger partial charge in [0.2, 0.25) is 0 Å². The van der Waals surface area contributed by atoms with E-state index in [1.165, 1.54) is 0 Å². The SMILES string of the molecule is Cc1ncc(-c2ccc(OC3CCOCC3)cn2)c(N2CCC(C)(C)CC2)c1[C@H](OC(C)(C)C)C(=O)OC(C)C. The second kappa shape index (κ2) is 12.4. The maximum atomic E-state index is 13.6. The van der Waals surface area contributed by atoms with Crippen LogP contribution in [0, 0.1) is 12.3 Å². The Morgan fingerprint density at radius 3 is 2.33 bits per heavy atom. The van der Waals surface area contributed by atoms with Crippen LogP contribution in [0.5, 0.6) is 5.75 Å². The van der Waals surface area contributed by atoms with Crippen LogP contribution in [0.3, 0.4) is 0 Å². The summed E-state index contributed by atoms with van der Waals surface area (Å²) in [5, 5.41) is 0. The average Bonchev–Trinajstić information content (AvgIpc) is 2.88. The molecule has 220 valence electrons. The number of aromatic nitrogens is 2. The van der Waals surface area contributed by atoms with Crippen LogP contribution >= 0.6 is 0 Å². The van der Waals surface area contributed by atoms with Crippen molar-refractivity contribution in [3.05, 3.63) is 35.8 Å². The highest BCUT2D eigenvalue weighted by Crippen LogP contribution is 2.43. The zero-order valence-electron chi connectivity index (χ0n) is 25.6. The summed E-state index contributed by atoms with van der Waals surface area (Å²) >= 11 is 0. The monoisotopic (exact) mass is 553 g/mol. The van der Waals surface area contributed by atoms with Gasteiger partial charge in [0, 0.05) is 48.9 Å². The van der Waals surface area contributed by atoms with Crippen molar-refractivity contribution in [2.24, 2.45) is 5.41 Å². The molecule has 0 radical (unpaired) electrons. The second-order valence-corrected chi connectivity index (χ2v) is 13.1. The summed E-state index contributed by atoms with van der Waals surface area (Å²) in [6.07, 6.45) is 6.45. The molecule has 0 aromatic carbocycles. The predicted molar refractivity (Wildman–Crippen MR) is 157 cm³/mol. The first-order valence-electron chi connectivity index (χ1n) is 14.7. The minimum absolute atomic E-state index is 0.142. The van der Waals surface area contributed by atoms with Gasteiger partial charge < -0.3 is 23.8 Å². The largest absolute Gasteiger partial charge is 0.489 e. The summed E-state index contributed by atoms with van der Waals surface area (Å²) in [5.41, 5.74) is 3.78. The third kappa shape index (κ3) is 7.72. The molecule has 0 unspecified atom stereocenters. The average molecular weight is 554 g/mol. The fourth-order valence-electron chi connectivity index (χ4n) is 5.25. The smallest absolute Gasteiger partial charge is 0.340 e. The van der Waals surface area contributed by atoms with Crippen LogP contribution in [0.1, 0.15) is 91.5 Å². The molecule has 2 aliphatic rings. The summed E-state index contributed by atoms with van der Waals surface area (Å²) < 4.78 is 23.8. The molecule has 0 N–H and O–H groups in total. The van der Waals surface area contributed by atoms with Crippen molar-refractivity contribution in [1.82, 2.24) is 9.97 Å². The van der Waals surface area contributed by atoms with E-state index in [2.05, 4.69) is 18.7 Å². The highest BCUT2D eigenvalue weighted by Gasteiger charge is 2.37. The Labute approximate surface area is 239 Å². The van der Waals surface area contributed by atoms with Crippen LogP contribution in [0.2, 0.25) is 0 Å². The van der Waals surface area contributed by atoms with Crippen LogP contribution in [0.15, 0.2) is 24.5 Å². The zero-order valence-corrected chi connectivity index (χ0v) is 25.6. The first-order valence-corrected chi connectivity index (χ1v) is 14.7. The molecule has 2 saturated heterocycles. The molecule has 8 nitrogen and oxygen atoms in total. The number of aryl methyl sites for hydroxylation is 1. The van der Waals surface area contributed by atoms with E-state index in [-0.39, 0.29) is 17.6 Å². The third-order valence-corrected chi connectivity index (χ3v) is 7.50. The van der Waals surface area contributed by atoms with Crippen molar-refractivity contribution in [1.29, 1.82) is 0 Å². The fourth-order valence-corrected chi connectivity index (χ4v) is 5.25. The predicted octanol–water partition coefficient (Wildman–Crippen LogP) is 6.44. The quantitative estimate of drug-likeness (QED) is 0.345. The molecule has 2 aliphatic heterocycles. The van der Waals surface area contributed by atoms with Gasteiger partial charge in [0.15, 0.2) is 6.10 Å². The van der Waals surface area contributed by atoms with E-state index in [0.29, 0.717) is 0 Å². The fraction of sp³-hybridized carbons (Fsp3) is 0.656. The molecule has 2 aromatic heterocycles. The summed E-state index contributed by atoms with van der Waals surface area (Å²) in [5.74, 6) is 0.338. The minimum Gasteiger partial charge on any atom is -0.489 e. The van der Waals surface area contributed by atoms with Gasteiger partial charge in [-0.25, -0.2) is 4.79 Å². The van der Waals surface area contributed by atoms with Crippen LogP contribution < -0.4 is 9.64 Å². The van der Waals surface area contributed by atoms with E-state index >= 15 is 0 Å².